The third kappa shape index (κ3) is 1.53. The van der Waals surface area contributed by atoms with E-state index in [1.165, 1.54) is 5.57 Å². The first-order chi connectivity index (χ1) is 6.50. The van der Waals surface area contributed by atoms with Gasteiger partial charge in [0.1, 0.15) is 5.78 Å². The van der Waals surface area contributed by atoms with Gasteiger partial charge in [-0.15, -0.1) is 0 Å². The molecule has 1 fully saturated rings. The predicted octanol–water partition coefficient (Wildman–Crippen LogP) is 3.35. The lowest BCUT2D eigenvalue weighted by Gasteiger charge is -2.45. The minimum absolute atomic E-state index is 0.337. The molecule has 0 unspecified atom stereocenters. The second kappa shape index (κ2) is 3.22. The molecule has 0 aromatic rings. The summed E-state index contributed by atoms with van der Waals surface area (Å²) >= 11 is 0. The van der Waals surface area contributed by atoms with Crippen LogP contribution in [0.1, 0.15) is 46.5 Å². The van der Waals surface area contributed by atoms with Crippen molar-refractivity contribution in [1.82, 2.24) is 0 Å². The molecule has 0 radical (unpaired) electrons. The Bertz CT molecular complexity index is 286. The van der Waals surface area contributed by atoms with Crippen LogP contribution in [0.4, 0.5) is 0 Å². The standard InChI is InChI=1S/C13H20O/c1-9-4-5-11-10(8-9)12(14)6-7-13(11,2)3/h4,10-11H,5-8H2,1-3H3/t10-,11+/m1/s1. The van der Waals surface area contributed by atoms with Crippen LogP contribution >= 0.6 is 0 Å². The largest absolute Gasteiger partial charge is 0.299 e. The quantitative estimate of drug-likeness (QED) is 0.538. The van der Waals surface area contributed by atoms with Crippen LogP contribution in [0, 0.1) is 17.3 Å². The van der Waals surface area contributed by atoms with Gasteiger partial charge in [0.2, 0.25) is 0 Å². The Kier molecular flexibility index (Phi) is 2.29. The summed E-state index contributed by atoms with van der Waals surface area (Å²) in [5.74, 6) is 1.46. The van der Waals surface area contributed by atoms with Gasteiger partial charge in [-0.05, 0) is 37.5 Å². The van der Waals surface area contributed by atoms with Gasteiger partial charge < -0.3 is 0 Å². The highest BCUT2D eigenvalue weighted by Gasteiger charge is 2.43. The van der Waals surface area contributed by atoms with Crippen molar-refractivity contribution in [3.63, 3.8) is 0 Å². The maximum absolute atomic E-state index is 11.8. The highest BCUT2D eigenvalue weighted by atomic mass is 16.1. The van der Waals surface area contributed by atoms with Crippen molar-refractivity contribution in [2.75, 3.05) is 0 Å². The van der Waals surface area contributed by atoms with Crippen molar-refractivity contribution in [3.05, 3.63) is 11.6 Å². The summed E-state index contributed by atoms with van der Waals surface area (Å²) in [7, 11) is 0. The summed E-state index contributed by atoms with van der Waals surface area (Å²) in [5.41, 5.74) is 1.78. The molecule has 0 heterocycles. The number of fused-ring (bicyclic) bond motifs is 1. The average Bonchev–Trinajstić information content (AvgIpc) is 2.12. The van der Waals surface area contributed by atoms with Crippen LogP contribution in [-0.2, 0) is 4.79 Å². The van der Waals surface area contributed by atoms with Crippen LogP contribution in [0.25, 0.3) is 0 Å². The Morgan fingerprint density at radius 1 is 1.43 bits per heavy atom. The van der Waals surface area contributed by atoms with E-state index < -0.39 is 0 Å². The van der Waals surface area contributed by atoms with Gasteiger partial charge in [0.25, 0.3) is 0 Å². The molecule has 1 nitrogen and oxygen atoms in total. The average molecular weight is 192 g/mol. The Morgan fingerprint density at radius 2 is 2.14 bits per heavy atom. The van der Waals surface area contributed by atoms with Gasteiger partial charge in [0, 0.05) is 12.3 Å². The smallest absolute Gasteiger partial charge is 0.136 e. The predicted molar refractivity (Wildman–Crippen MR) is 58.0 cm³/mol. The van der Waals surface area contributed by atoms with Crippen molar-refractivity contribution in [1.29, 1.82) is 0 Å². The highest BCUT2D eigenvalue weighted by molar-refractivity contribution is 5.82. The minimum Gasteiger partial charge on any atom is -0.299 e. The molecular formula is C13H20O. The van der Waals surface area contributed by atoms with Crippen molar-refractivity contribution in [2.45, 2.75) is 46.5 Å². The normalized spacial score (nSPS) is 36.2. The van der Waals surface area contributed by atoms with Crippen LogP contribution in [0.3, 0.4) is 0 Å². The molecule has 0 amide bonds. The number of carbonyl (C=O) groups excluding carboxylic acids is 1. The first-order valence-electron chi connectivity index (χ1n) is 5.69. The van der Waals surface area contributed by atoms with Crippen LogP contribution in [0.15, 0.2) is 11.6 Å². The van der Waals surface area contributed by atoms with E-state index >= 15 is 0 Å². The zero-order chi connectivity index (χ0) is 10.3. The van der Waals surface area contributed by atoms with Gasteiger partial charge in [-0.25, -0.2) is 0 Å². The second-order valence-corrected chi connectivity index (χ2v) is 5.66. The number of rotatable bonds is 0. The summed E-state index contributed by atoms with van der Waals surface area (Å²) in [6, 6.07) is 0. The lowest BCUT2D eigenvalue weighted by Crippen LogP contribution is -2.41. The van der Waals surface area contributed by atoms with E-state index in [1.807, 2.05) is 0 Å². The summed E-state index contributed by atoms with van der Waals surface area (Å²) in [6.07, 6.45) is 6.37. The maximum Gasteiger partial charge on any atom is 0.136 e. The van der Waals surface area contributed by atoms with Crippen LogP contribution in [0.2, 0.25) is 0 Å². The lowest BCUT2D eigenvalue weighted by atomic mass is 9.59. The summed E-state index contributed by atoms with van der Waals surface area (Å²) in [6.45, 7) is 6.81. The Labute approximate surface area is 86.6 Å². The molecule has 2 rings (SSSR count). The third-order valence-corrected chi connectivity index (χ3v) is 4.18. The highest BCUT2D eigenvalue weighted by Crippen LogP contribution is 2.48. The van der Waals surface area contributed by atoms with Crippen LogP contribution in [0.5, 0.6) is 0 Å². The number of allylic oxidation sites excluding steroid dienone is 2. The monoisotopic (exact) mass is 192 g/mol. The van der Waals surface area contributed by atoms with Gasteiger partial charge in [0.05, 0.1) is 0 Å². The maximum atomic E-state index is 11.8. The van der Waals surface area contributed by atoms with Crippen LogP contribution < -0.4 is 0 Å². The lowest BCUT2D eigenvalue weighted by molar-refractivity contribution is -0.131. The van der Waals surface area contributed by atoms with Gasteiger partial charge in [-0.1, -0.05) is 25.5 Å². The van der Waals surface area contributed by atoms with Gasteiger partial charge in [0.15, 0.2) is 0 Å². The summed E-state index contributed by atoms with van der Waals surface area (Å²) in [5, 5.41) is 0. The zero-order valence-corrected chi connectivity index (χ0v) is 9.47. The van der Waals surface area contributed by atoms with Crippen molar-refractivity contribution in [3.8, 4) is 0 Å². The van der Waals surface area contributed by atoms with Gasteiger partial charge >= 0.3 is 0 Å². The van der Waals surface area contributed by atoms with E-state index in [1.54, 1.807) is 0 Å². The van der Waals surface area contributed by atoms with E-state index in [0.717, 1.165) is 25.7 Å². The Balaban J connectivity index is 2.27. The van der Waals surface area contributed by atoms with Crippen LogP contribution in [-0.4, -0.2) is 5.78 Å². The third-order valence-electron chi connectivity index (χ3n) is 4.18. The summed E-state index contributed by atoms with van der Waals surface area (Å²) < 4.78 is 0. The molecular weight excluding hydrogens is 172 g/mol. The van der Waals surface area contributed by atoms with E-state index in [2.05, 4.69) is 26.8 Å². The Morgan fingerprint density at radius 3 is 2.86 bits per heavy atom. The molecule has 78 valence electrons. The fourth-order valence-corrected chi connectivity index (χ4v) is 3.08. The molecule has 0 aromatic heterocycles. The molecule has 1 heteroatoms. The second-order valence-electron chi connectivity index (χ2n) is 5.66. The number of hydrogen-bond acceptors (Lipinski definition) is 1. The molecule has 2 aliphatic rings. The molecule has 0 aromatic carbocycles. The van der Waals surface area contributed by atoms with Gasteiger partial charge in [-0.3, -0.25) is 4.79 Å². The minimum atomic E-state index is 0.337. The molecule has 0 bridgehead atoms. The van der Waals surface area contributed by atoms with E-state index in [0.29, 0.717) is 23.0 Å². The van der Waals surface area contributed by atoms with Crippen molar-refractivity contribution >= 4 is 5.78 Å². The number of hydrogen-bond donors (Lipinski definition) is 0. The van der Waals surface area contributed by atoms with E-state index in [9.17, 15) is 4.79 Å². The van der Waals surface area contributed by atoms with E-state index in [-0.39, 0.29) is 0 Å². The van der Waals surface area contributed by atoms with Crippen molar-refractivity contribution in [2.24, 2.45) is 17.3 Å². The molecule has 2 aliphatic carbocycles. The SMILES string of the molecule is CC1=CC[C@H]2[C@@H](C1)C(=O)CCC2(C)C. The zero-order valence-electron chi connectivity index (χ0n) is 9.47. The molecule has 1 saturated carbocycles. The molecule has 0 spiro atoms. The fourth-order valence-electron chi connectivity index (χ4n) is 3.08. The molecule has 14 heavy (non-hydrogen) atoms. The van der Waals surface area contributed by atoms with Gasteiger partial charge in [-0.2, -0.15) is 0 Å². The Hall–Kier alpha value is -0.590. The first kappa shape index (κ1) is 9.95. The number of Topliss-reactive ketones (excluding diaryl/α,β-unsaturated/α-hetero) is 1. The fraction of sp³-hybridized carbons (Fsp3) is 0.769. The number of carbonyl (C=O) groups is 1. The molecule has 0 N–H and O–H groups in total. The summed E-state index contributed by atoms with van der Waals surface area (Å²) in [4.78, 5) is 11.8. The molecule has 2 atom stereocenters. The van der Waals surface area contributed by atoms with E-state index in [4.69, 9.17) is 0 Å². The topological polar surface area (TPSA) is 17.1 Å². The first-order valence-corrected chi connectivity index (χ1v) is 5.69. The molecule has 0 saturated heterocycles. The van der Waals surface area contributed by atoms with Crippen molar-refractivity contribution < 1.29 is 4.79 Å². The number of ketones is 1. The molecule has 0 aliphatic heterocycles.